The number of hydrogen-bond acceptors (Lipinski definition) is 0. The lowest BCUT2D eigenvalue weighted by Gasteiger charge is -2.29. The third kappa shape index (κ3) is 6.83. The minimum Gasteiger partial charge on any atom is -0.0760 e. The van der Waals surface area contributed by atoms with Gasteiger partial charge in [-0.3, -0.25) is 0 Å². The minimum absolute atomic E-state index is 0.130. The first-order valence-corrected chi connectivity index (χ1v) is 29.4. The highest BCUT2D eigenvalue weighted by Gasteiger charge is 2.46. The molecule has 16 rings (SSSR count). The van der Waals surface area contributed by atoms with Gasteiger partial charge in [-0.25, -0.2) is 0 Å². The van der Waals surface area contributed by atoms with E-state index in [2.05, 4.69) is 273 Å². The Bertz CT molecular complexity index is 4810. The summed E-state index contributed by atoms with van der Waals surface area (Å²) in [4.78, 5) is 0. The molecule has 0 amide bonds. The van der Waals surface area contributed by atoms with Gasteiger partial charge >= 0.3 is 0 Å². The molecule has 12 aromatic carbocycles. The molecule has 0 fully saturated rings. The second kappa shape index (κ2) is 17.3. The van der Waals surface area contributed by atoms with Gasteiger partial charge in [0.15, 0.2) is 0 Å². The normalized spacial score (nSPS) is 17.0. The molecule has 0 nitrogen and oxygen atoms in total. The van der Waals surface area contributed by atoms with Crippen LogP contribution in [-0.2, 0) is 22.7 Å². The zero-order chi connectivity index (χ0) is 54.7. The molecule has 0 N–H and O–H groups in total. The summed E-state index contributed by atoms with van der Waals surface area (Å²) in [7, 11) is 0. The number of benzene rings is 12. The average Bonchev–Trinajstić information content (AvgIpc) is 4.14. The molecule has 0 heterocycles. The number of rotatable bonds is 6. The molecule has 81 heavy (non-hydrogen) atoms. The summed E-state index contributed by atoms with van der Waals surface area (Å²) < 4.78 is 0. The Kier molecular flexibility index (Phi) is 10.3. The molecule has 4 aliphatic carbocycles. The van der Waals surface area contributed by atoms with Crippen LogP contribution in [0, 0.1) is 13.8 Å². The molecule has 0 saturated carbocycles. The van der Waals surface area contributed by atoms with Gasteiger partial charge in [0, 0.05) is 16.2 Å². The van der Waals surface area contributed by atoms with Crippen LogP contribution in [0.1, 0.15) is 103 Å². The molecule has 0 bridgehead atoms. The summed E-state index contributed by atoms with van der Waals surface area (Å²) in [5.41, 5.74) is 31.0. The largest absolute Gasteiger partial charge is 0.0760 e. The van der Waals surface area contributed by atoms with Crippen molar-refractivity contribution in [2.75, 3.05) is 0 Å². The van der Waals surface area contributed by atoms with Crippen molar-refractivity contribution in [3.05, 3.63) is 286 Å². The van der Waals surface area contributed by atoms with Crippen LogP contribution in [0.2, 0.25) is 0 Å². The van der Waals surface area contributed by atoms with Crippen LogP contribution in [0.3, 0.4) is 0 Å². The first-order chi connectivity index (χ1) is 39.4. The zero-order valence-corrected chi connectivity index (χ0v) is 47.5. The van der Waals surface area contributed by atoms with Crippen molar-refractivity contribution in [2.45, 2.75) is 84.0 Å². The van der Waals surface area contributed by atoms with Crippen molar-refractivity contribution in [1.29, 1.82) is 0 Å². The van der Waals surface area contributed by atoms with Crippen LogP contribution in [0.15, 0.2) is 230 Å². The highest BCUT2D eigenvalue weighted by Crippen LogP contribution is 2.59. The first kappa shape index (κ1) is 48.1. The van der Waals surface area contributed by atoms with Gasteiger partial charge in [0.1, 0.15) is 0 Å². The maximum absolute atomic E-state index is 2.59. The van der Waals surface area contributed by atoms with Gasteiger partial charge in [0.25, 0.3) is 0 Å². The van der Waals surface area contributed by atoms with Gasteiger partial charge in [-0.15, -0.1) is 0 Å². The topological polar surface area (TPSA) is 0 Å². The van der Waals surface area contributed by atoms with Crippen LogP contribution in [0.25, 0.3) is 110 Å². The average molecular weight is 1040 g/mol. The van der Waals surface area contributed by atoms with E-state index in [1.165, 1.54) is 171 Å². The Balaban J connectivity index is 0.787. The standard InChI is InChI=1S/C81H64/c1-48-30-36-57(61-22-11-10-20-55(48)61)53-34-39-66-65-25-14-15-28-72(65)81(7,75(66)46-53)47-54-19-16-29-73-76(54)70-27-17-26-68(78(70)79(73,3)4)64-43-42-58(62-23-12-13-24-63(62)64)51-33-38-56-49(2)31-37-59(71(56)44-51)52-35-40-67-69-41-32-50-18-8-9-21-60(50)77(69)80(5,6)74(67)45-52/h8-16,18-25,27-46H,17,26,47H2,1-7H3. The molecule has 0 radical (unpaired) electrons. The van der Waals surface area contributed by atoms with Crippen LogP contribution in [0.4, 0.5) is 0 Å². The van der Waals surface area contributed by atoms with E-state index in [-0.39, 0.29) is 16.2 Å². The van der Waals surface area contributed by atoms with Crippen molar-refractivity contribution in [2.24, 2.45) is 0 Å². The second-order valence-electron chi connectivity index (χ2n) is 25.3. The third-order valence-corrected chi connectivity index (χ3v) is 20.1. The fourth-order valence-corrected chi connectivity index (χ4v) is 16.2. The zero-order valence-electron chi connectivity index (χ0n) is 47.5. The fourth-order valence-electron chi connectivity index (χ4n) is 16.2. The summed E-state index contributed by atoms with van der Waals surface area (Å²) in [6.07, 6.45) is 5.53. The van der Waals surface area contributed by atoms with Crippen molar-refractivity contribution >= 4 is 54.2 Å². The lowest BCUT2D eigenvalue weighted by Crippen LogP contribution is -2.25. The van der Waals surface area contributed by atoms with Crippen molar-refractivity contribution in [3.8, 4) is 55.6 Å². The van der Waals surface area contributed by atoms with Gasteiger partial charge < -0.3 is 0 Å². The minimum atomic E-state index is -0.235. The Hall–Kier alpha value is -8.84. The molecular formula is C81H64. The Morgan fingerprint density at radius 1 is 0.358 bits per heavy atom. The number of allylic oxidation sites excluding steroid dienone is 4. The maximum atomic E-state index is 2.59. The molecular weight excluding hydrogens is 973 g/mol. The van der Waals surface area contributed by atoms with Crippen molar-refractivity contribution in [3.63, 3.8) is 0 Å². The predicted molar refractivity (Wildman–Crippen MR) is 345 cm³/mol. The Morgan fingerprint density at radius 3 is 1.63 bits per heavy atom. The monoisotopic (exact) mass is 1040 g/mol. The fraction of sp³-hybridized carbons (Fsp3) is 0.160. The molecule has 1 unspecified atom stereocenters. The molecule has 1 atom stereocenters. The Labute approximate surface area is 476 Å². The molecule has 388 valence electrons. The molecule has 12 aromatic rings. The van der Waals surface area contributed by atoms with Crippen LogP contribution in [-0.4, -0.2) is 0 Å². The third-order valence-electron chi connectivity index (χ3n) is 20.1. The summed E-state index contributed by atoms with van der Waals surface area (Å²) in [5, 5.41) is 10.5. The first-order valence-electron chi connectivity index (χ1n) is 29.4. The second-order valence-corrected chi connectivity index (χ2v) is 25.3. The lowest BCUT2D eigenvalue weighted by molar-refractivity contribution is 0.581. The van der Waals surface area contributed by atoms with E-state index in [0.29, 0.717) is 0 Å². The van der Waals surface area contributed by atoms with E-state index in [0.717, 1.165) is 19.3 Å². The van der Waals surface area contributed by atoms with E-state index in [1.807, 2.05) is 0 Å². The van der Waals surface area contributed by atoms with Crippen LogP contribution >= 0.6 is 0 Å². The van der Waals surface area contributed by atoms with Gasteiger partial charge in [0.2, 0.25) is 0 Å². The molecule has 0 saturated heterocycles. The van der Waals surface area contributed by atoms with Crippen molar-refractivity contribution in [1.82, 2.24) is 0 Å². The predicted octanol–water partition coefficient (Wildman–Crippen LogP) is 21.7. The maximum Gasteiger partial charge on any atom is 0.0227 e. The van der Waals surface area contributed by atoms with Crippen LogP contribution < -0.4 is 0 Å². The van der Waals surface area contributed by atoms with Gasteiger partial charge in [-0.05, 0) is 222 Å². The molecule has 0 aromatic heterocycles. The van der Waals surface area contributed by atoms with Gasteiger partial charge in [-0.2, -0.15) is 0 Å². The number of hydrogen-bond donors (Lipinski definition) is 0. The highest BCUT2D eigenvalue weighted by molar-refractivity contribution is 6.10. The lowest BCUT2D eigenvalue weighted by atomic mass is 9.73. The van der Waals surface area contributed by atoms with E-state index in [1.54, 1.807) is 0 Å². The number of fused-ring (bicyclic) bond motifs is 14. The summed E-state index contributed by atoms with van der Waals surface area (Å²) in [6, 6.07) is 84.1. The Morgan fingerprint density at radius 2 is 0.877 bits per heavy atom. The molecule has 4 aliphatic rings. The highest BCUT2D eigenvalue weighted by atomic mass is 14.5. The summed E-state index contributed by atoms with van der Waals surface area (Å²) in [6.45, 7) is 16.8. The van der Waals surface area contributed by atoms with Crippen LogP contribution in [0.5, 0.6) is 0 Å². The quantitative estimate of drug-likeness (QED) is 0.156. The SMILES string of the molecule is Cc1ccc(-c2ccc3c(c2)C(C)(Cc2cccc4c2C2=CCCC(c5ccc(-c6ccc7c(C)ccc(-c8ccc9c(c8)C(C)(C)c8c-9ccc9ccccc89)c7c6)c6ccccc56)=C2C4(C)C)c2ccccc2-3)c2ccccc12. The van der Waals surface area contributed by atoms with E-state index in [9.17, 15) is 0 Å². The van der Waals surface area contributed by atoms with Gasteiger partial charge in [-0.1, -0.05) is 241 Å². The van der Waals surface area contributed by atoms with E-state index in [4.69, 9.17) is 0 Å². The van der Waals surface area contributed by atoms with Gasteiger partial charge in [0.05, 0.1) is 0 Å². The summed E-state index contributed by atoms with van der Waals surface area (Å²) in [5.74, 6) is 0. The summed E-state index contributed by atoms with van der Waals surface area (Å²) >= 11 is 0. The van der Waals surface area contributed by atoms with Crippen molar-refractivity contribution < 1.29 is 0 Å². The van der Waals surface area contributed by atoms with E-state index >= 15 is 0 Å². The smallest absolute Gasteiger partial charge is 0.0227 e. The number of aryl methyl sites for hydroxylation is 2. The van der Waals surface area contributed by atoms with E-state index < -0.39 is 0 Å². The molecule has 0 heteroatoms. The molecule has 0 aliphatic heterocycles. The molecule has 0 spiro atoms.